The van der Waals surface area contributed by atoms with Crippen molar-refractivity contribution in [3.63, 3.8) is 0 Å². The Morgan fingerprint density at radius 1 is 1.28 bits per heavy atom. The molecule has 0 aromatic heterocycles. The molecular weight excluding hydrogens is 254 g/mol. The monoisotopic (exact) mass is 269 g/mol. The van der Waals surface area contributed by atoms with Gasteiger partial charge in [0.15, 0.2) is 0 Å². The van der Waals surface area contributed by atoms with Crippen molar-refractivity contribution in [2.24, 2.45) is 5.92 Å². The second-order valence-electron chi connectivity index (χ2n) is 4.38. The van der Waals surface area contributed by atoms with Crippen LogP contribution in [0.4, 0.5) is 0 Å². The van der Waals surface area contributed by atoms with Crippen molar-refractivity contribution in [2.45, 2.75) is 26.3 Å². The standard InChI is InChI=1S/C13H16ClNO3/c1-8(2)12(16)15-11(13(17)18)7-9-3-5-10(14)6-4-9/h3-6,8,11H,7H2,1-2H3,(H,15,16)(H,17,18)/t11-/m0/s1. The van der Waals surface area contributed by atoms with Crippen molar-refractivity contribution in [1.82, 2.24) is 5.32 Å². The molecule has 1 aromatic carbocycles. The number of halogens is 1. The van der Waals surface area contributed by atoms with Crippen molar-refractivity contribution in [3.05, 3.63) is 34.9 Å². The van der Waals surface area contributed by atoms with Crippen LogP contribution in [0.15, 0.2) is 24.3 Å². The molecule has 5 heteroatoms. The van der Waals surface area contributed by atoms with Gasteiger partial charge in [-0.1, -0.05) is 37.6 Å². The van der Waals surface area contributed by atoms with Crippen molar-refractivity contribution in [2.75, 3.05) is 0 Å². The minimum atomic E-state index is -1.04. The second kappa shape index (κ2) is 6.40. The summed E-state index contributed by atoms with van der Waals surface area (Å²) < 4.78 is 0. The normalized spacial score (nSPS) is 12.2. The average Bonchev–Trinajstić information content (AvgIpc) is 2.30. The van der Waals surface area contributed by atoms with Crippen LogP contribution < -0.4 is 5.32 Å². The van der Waals surface area contributed by atoms with E-state index in [9.17, 15) is 9.59 Å². The maximum Gasteiger partial charge on any atom is 0.326 e. The first kappa shape index (κ1) is 14.5. The van der Waals surface area contributed by atoms with Gasteiger partial charge in [-0.25, -0.2) is 4.79 Å². The fourth-order valence-corrected chi connectivity index (χ4v) is 1.52. The number of rotatable bonds is 5. The van der Waals surface area contributed by atoms with E-state index >= 15 is 0 Å². The smallest absolute Gasteiger partial charge is 0.326 e. The number of benzene rings is 1. The van der Waals surface area contributed by atoms with Gasteiger partial charge in [0, 0.05) is 17.4 Å². The zero-order valence-electron chi connectivity index (χ0n) is 10.3. The van der Waals surface area contributed by atoms with E-state index in [2.05, 4.69) is 5.32 Å². The van der Waals surface area contributed by atoms with Crippen LogP contribution in [0.1, 0.15) is 19.4 Å². The highest BCUT2D eigenvalue weighted by Crippen LogP contribution is 2.11. The van der Waals surface area contributed by atoms with Crippen molar-refractivity contribution < 1.29 is 14.7 Å². The van der Waals surface area contributed by atoms with Crippen LogP contribution in [0.25, 0.3) is 0 Å². The van der Waals surface area contributed by atoms with Gasteiger partial charge in [0.25, 0.3) is 0 Å². The number of carbonyl (C=O) groups excluding carboxylic acids is 1. The summed E-state index contributed by atoms with van der Waals surface area (Å²) in [7, 11) is 0. The minimum absolute atomic E-state index is 0.239. The van der Waals surface area contributed by atoms with Gasteiger partial charge in [-0.2, -0.15) is 0 Å². The number of amides is 1. The Morgan fingerprint density at radius 3 is 2.28 bits per heavy atom. The van der Waals surface area contributed by atoms with E-state index in [1.54, 1.807) is 38.1 Å². The van der Waals surface area contributed by atoms with Crippen molar-refractivity contribution in [1.29, 1.82) is 0 Å². The summed E-state index contributed by atoms with van der Waals surface area (Å²) in [6.45, 7) is 3.44. The summed E-state index contributed by atoms with van der Waals surface area (Å²) in [6, 6.07) is 5.97. The molecule has 0 saturated heterocycles. The van der Waals surface area contributed by atoms with Gasteiger partial charge < -0.3 is 10.4 Å². The third-order valence-electron chi connectivity index (χ3n) is 2.49. The molecule has 98 valence electrons. The molecule has 0 unspecified atom stereocenters. The lowest BCUT2D eigenvalue weighted by Gasteiger charge is -2.16. The van der Waals surface area contributed by atoms with Crippen LogP contribution in [0, 0.1) is 5.92 Å². The first-order valence-electron chi connectivity index (χ1n) is 5.67. The maximum absolute atomic E-state index is 11.5. The molecule has 0 fully saturated rings. The Hall–Kier alpha value is -1.55. The summed E-state index contributed by atoms with van der Waals surface area (Å²) >= 11 is 5.75. The van der Waals surface area contributed by atoms with Gasteiger partial charge >= 0.3 is 5.97 Å². The first-order valence-corrected chi connectivity index (χ1v) is 6.05. The van der Waals surface area contributed by atoms with E-state index in [-0.39, 0.29) is 18.2 Å². The molecule has 0 spiro atoms. The number of hydrogen-bond acceptors (Lipinski definition) is 2. The van der Waals surface area contributed by atoms with Crippen LogP contribution >= 0.6 is 11.6 Å². The molecule has 0 aliphatic carbocycles. The van der Waals surface area contributed by atoms with Crippen molar-refractivity contribution in [3.8, 4) is 0 Å². The predicted octanol–water partition coefficient (Wildman–Crippen LogP) is 2.11. The van der Waals surface area contributed by atoms with Crippen LogP contribution in [-0.4, -0.2) is 23.0 Å². The molecule has 0 bridgehead atoms. The Bertz CT molecular complexity index is 428. The Labute approximate surface area is 111 Å². The molecule has 18 heavy (non-hydrogen) atoms. The molecule has 0 saturated carbocycles. The number of aliphatic carboxylic acids is 1. The van der Waals surface area contributed by atoms with E-state index < -0.39 is 12.0 Å². The van der Waals surface area contributed by atoms with Crippen LogP contribution in [0.3, 0.4) is 0 Å². The largest absolute Gasteiger partial charge is 0.480 e. The lowest BCUT2D eigenvalue weighted by molar-refractivity contribution is -0.142. The lowest BCUT2D eigenvalue weighted by atomic mass is 10.1. The zero-order valence-corrected chi connectivity index (χ0v) is 11.1. The molecule has 2 N–H and O–H groups in total. The predicted molar refractivity (Wildman–Crippen MR) is 69.6 cm³/mol. The van der Waals surface area contributed by atoms with Crippen LogP contribution in [-0.2, 0) is 16.0 Å². The number of carboxylic acid groups (broad SMARTS) is 1. The molecule has 0 aliphatic rings. The van der Waals surface area contributed by atoms with Gasteiger partial charge in [-0.3, -0.25) is 4.79 Å². The summed E-state index contributed by atoms with van der Waals surface area (Å²) in [4.78, 5) is 22.6. The maximum atomic E-state index is 11.5. The van der Waals surface area contributed by atoms with E-state index in [0.29, 0.717) is 5.02 Å². The summed E-state index contributed by atoms with van der Waals surface area (Å²) in [5, 5.41) is 12.2. The number of carboxylic acids is 1. The fourth-order valence-electron chi connectivity index (χ4n) is 1.39. The lowest BCUT2D eigenvalue weighted by Crippen LogP contribution is -2.44. The third-order valence-corrected chi connectivity index (χ3v) is 2.74. The van der Waals surface area contributed by atoms with Crippen molar-refractivity contribution >= 4 is 23.5 Å². The van der Waals surface area contributed by atoms with Gasteiger partial charge in [-0.15, -0.1) is 0 Å². The van der Waals surface area contributed by atoms with E-state index in [0.717, 1.165) is 5.56 Å². The molecule has 4 nitrogen and oxygen atoms in total. The molecule has 0 heterocycles. The molecule has 1 amide bonds. The topological polar surface area (TPSA) is 66.4 Å². The van der Waals surface area contributed by atoms with Gasteiger partial charge in [0.05, 0.1) is 0 Å². The van der Waals surface area contributed by atoms with E-state index in [1.165, 1.54) is 0 Å². The Kier molecular flexibility index (Phi) is 5.16. The van der Waals surface area contributed by atoms with E-state index in [1.807, 2.05) is 0 Å². The molecule has 0 radical (unpaired) electrons. The summed E-state index contributed by atoms with van der Waals surface area (Å²) in [6.07, 6.45) is 0.241. The Balaban J connectivity index is 2.72. The zero-order chi connectivity index (χ0) is 13.7. The summed E-state index contributed by atoms with van der Waals surface area (Å²) in [5.74, 6) is -1.55. The number of nitrogens with one attached hydrogen (secondary N) is 1. The van der Waals surface area contributed by atoms with Gasteiger partial charge in [0.1, 0.15) is 6.04 Å². The first-order chi connectivity index (χ1) is 8.40. The molecular formula is C13H16ClNO3. The SMILES string of the molecule is CC(C)C(=O)N[C@@H](Cc1ccc(Cl)cc1)C(=O)O. The highest BCUT2D eigenvalue weighted by molar-refractivity contribution is 6.30. The fraction of sp³-hybridized carbons (Fsp3) is 0.385. The number of hydrogen-bond donors (Lipinski definition) is 2. The molecule has 1 atom stereocenters. The third kappa shape index (κ3) is 4.37. The quantitative estimate of drug-likeness (QED) is 0.860. The molecule has 1 rings (SSSR count). The minimum Gasteiger partial charge on any atom is -0.480 e. The molecule has 1 aromatic rings. The average molecular weight is 270 g/mol. The molecule has 0 aliphatic heterocycles. The highest BCUT2D eigenvalue weighted by Gasteiger charge is 2.21. The summed E-state index contributed by atoms with van der Waals surface area (Å²) in [5.41, 5.74) is 0.816. The second-order valence-corrected chi connectivity index (χ2v) is 4.82. The highest BCUT2D eigenvalue weighted by atomic mass is 35.5. The van der Waals surface area contributed by atoms with Gasteiger partial charge in [-0.05, 0) is 17.7 Å². The number of carbonyl (C=O) groups is 2. The van der Waals surface area contributed by atoms with E-state index in [4.69, 9.17) is 16.7 Å². The Morgan fingerprint density at radius 2 is 1.83 bits per heavy atom. The van der Waals surface area contributed by atoms with Crippen LogP contribution in [0.5, 0.6) is 0 Å². The van der Waals surface area contributed by atoms with Gasteiger partial charge in [0.2, 0.25) is 5.91 Å². The van der Waals surface area contributed by atoms with Crippen LogP contribution in [0.2, 0.25) is 5.02 Å².